The molecule has 2 rings (SSSR count). The summed E-state index contributed by atoms with van der Waals surface area (Å²) in [7, 11) is 0. The minimum Gasteiger partial charge on any atom is -0.508 e. The van der Waals surface area contributed by atoms with Crippen LogP contribution in [0.1, 0.15) is 70.9 Å². The predicted octanol–water partition coefficient (Wildman–Crippen LogP) is 6.69. The van der Waals surface area contributed by atoms with Crippen LogP contribution in [0.25, 0.3) is 0 Å². The van der Waals surface area contributed by atoms with E-state index in [2.05, 4.69) is 52.0 Å². The molecule has 0 heterocycles. The van der Waals surface area contributed by atoms with E-state index >= 15 is 0 Å². The minimum atomic E-state index is -0.0328. The number of hydrogen-bond acceptors (Lipinski definition) is 1. The first kappa shape index (κ1) is 19.3. The minimum absolute atomic E-state index is 0.0328. The van der Waals surface area contributed by atoms with Crippen molar-refractivity contribution in [2.75, 3.05) is 0 Å². The highest BCUT2D eigenvalue weighted by Gasteiger charge is 2.22. The topological polar surface area (TPSA) is 20.2 Å². The summed E-state index contributed by atoms with van der Waals surface area (Å²) >= 11 is 0. The molecular weight excluding hydrogens is 280 g/mol. The van der Waals surface area contributed by atoms with E-state index in [1.54, 1.807) is 12.1 Å². The van der Waals surface area contributed by atoms with Crippen molar-refractivity contribution in [1.82, 2.24) is 0 Å². The second-order valence-electron chi connectivity index (χ2n) is 6.60. The number of hydrogen-bond donors (Lipinski definition) is 1. The number of benzene rings is 2. The Morgan fingerprint density at radius 1 is 0.696 bits per heavy atom. The summed E-state index contributed by atoms with van der Waals surface area (Å²) in [5, 5.41) is 9.29. The first-order valence-electron chi connectivity index (χ1n) is 8.87. The van der Waals surface area contributed by atoms with Crippen molar-refractivity contribution < 1.29 is 5.11 Å². The smallest absolute Gasteiger partial charge is 0.115 e. The summed E-state index contributed by atoms with van der Waals surface area (Å²) in [5.74, 6) is 0.313. The Morgan fingerprint density at radius 3 is 1.65 bits per heavy atom. The van der Waals surface area contributed by atoms with Crippen LogP contribution >= 0.6 is 0 Å². The van der Waals surface area contributed by atoms with Gasteiger partial charge in [-0.25, -0.2) is 0 Å². The van der Waals surface area contributed by atoms with Crippen molar-refractivity contribution in [3.8, 4) is 5.75 Å². The average molecular weight is 312 g/mol. The predicted molar refractivity (Wildman–Crippen MR) is 101 cm³/mol. The van der Waals surface area contributed by atoms with Gasteiger partial charge in [-0.15, -0.1) is 0 Å². The van der Waals surface area contributed by atoms with Crippen LogP contribution in [0.15, 0.2) is 54.6 Å². The highest BCUT2D eigenvalue weighted by molar-refractivity contribution is 5.39. The first-order valence-corrected chi connectivity index (χ1v) is 8.87. The molecule has 0 aliphatic rings. The molecule has 0 aromatic heterocycles. The van der Waals surface area contributed by atoms with Gasteiger partial charge < -0.3 is 5.11 Å². The fourth-order valence-electron chi connectivity index (χ4n) is 2.58. The molecule has 0 bridgehead atoms. The third-order valence-corrected chi connectivity index (χ3v) is 4.29. The number of rotatable bonds is 6. The zero-order valence-electron chi connectivity index (χ0n) is 15.2. The lowest BCUT2D eigenvalue weighted by Crippen LogP contribution is -2.18. The van der Waals surface area contributed by atoms with E-state index in [9.17, 15) is 5.11 Å². The highest BCUT2D eigenvalue weighted by atomic mass is 16.3. The molecule has 2 aromatic rings. The van der Waals surface area contributed by atoms with Gasteiger partial charge in [0.2, 0.25) is 0 Å². The maximum Gasteiger partial charge on any atom is 0.115 e. The lowest BCUT2D eigenvalue weighted by atomic mass is 9.78. The Kier molecular flexibility index (Phi) is 8.47. The average Bonchev–Trinajstić information content (AvgIpc) is 2.57. The monoisotopic (exact) mass is 312 g/mol. The van der Waals surface area contributed by atoms with Gasteiger partial charge in [0.15, 0.2) is 0 Å². The normalized spacial score (nSPS) is 10.8. The van der Waals surface area contributed by atoms with Gasteiger partial charge in [-0.1, -0.05) is 102 Å². The van der Waals surface area contributed by atoms with Gasteiger partial charge in [0, 0.05) is 5.41 Å². The Bertz CT molecular complexity index is 522. The molecule has 1 N–H and O–H groups in total. The van der Waals surface area contributed by atoms with Crippen LogP contribution in [0, 0.1) is 0 Å². The van der Waals surface area contributed by atoms with E-state index in [1.807, 2.05) is 18.2 Å². The Balaban J connectivity index is 0.000000322. The van der Waals surface area contributed by atoms with Crippen molar-refractivity contribution in [3.63, 3.8) is 0 Å². The Labute approximate surface area is 142 Å². The maximum atomic E-state index is 9.29. The van der Waals surface area contributed by atoms with Crippen molar-refractivity contribution in [2.45, 2.75) is 65.2 Å². The van der Waals surface area contributed by atoms with Crippen molar-refractivity contribution >= 4 is 0 Å². The van der Waals surface area contributed by atoms with Crippen LogP contribution in [-0.2, 0) is 5.41 Å². The number of phenolic OH excluding ortho intramolecular Hbond substituents is 1. The van der Waals surface area contributed by atoms with Crippen LogP contribution in [0.2, 0.25) is 0 Å². The van der Waals surface area contributed by atoms with Gasteiger partial charge >= 0.3 is 0 Å². The zero-order chi connectivity index (χ0) is 17.1. The van der Waals surface area contributed by atoms with Gasteiger partial charge in [-0.05, 0) is 23.3 Å². The van der Waals surface area contributed by atoms with Crippen molar-refractivity contribution in [2.24, 2.45) is 0 Å². The third kappa shape index (κ3) is 6.48. The fraction of sp³-hybridized carbons (Fsp3) is 0.455. The molecule has 1 heteroatoms. The number of aromatic hydroxyl groups is 1. The van der Waals surface area contributed by atoms with E-state index in [0.29, 0.717) is 5.75 Å². The van der Waals surface area contributed by atoms with E-state index in [1.165, 1.54) is 43.2 Å². The largest absolute Gasteiger partial charge is 0.508 e. The van der Waals surface area contributed by atoms with Gasteiger partial charge in [-0.2, -0.15) is 0 Å². The van der Waals surface area contributed by atoms with Gasteiger partial charge in [0.1, 0.15) is 5.75 Å². The first-order chi connectivity index (χ1) is 11.0. The van der Waals surface area contributed by atoms with Crippen LogP contribution in [-0.4, -0.2) is 5.11 Å². The fourth-order valence-corrected chi connectivity index (χ4v) is 2.58. The second kappa shape index (κ2) is 10.1. The van der Waals surface area contributed by atoms with Crippen LogP contribution < -0.4 is 0 Å². The second-order valence-corrected chi connectivity index (χ2v) is 6.60. The molecule has 0 saturated heterocycles. The molecular formula is C22H32O. The molecule has 2 aromatic carbocycles. The molecule has 0 amide bonds. The number of phenols is 1. The molecule has 1 nitrogen and oxygen atoms in total. The molecule has 0 fully saturated rings. The molecule has 126 valence electrons. The standard InChI is InChI=1S/C15H16O.C7H16/c1-15(2,12-6-4-3-5-7-12)13-8-10-14(16)11-9-13;1-3-5-7-6-4-2/h3-11,16H,1-2H3;3-7H2,1-2H3. The van der Waals surface area contributed by atoms with Crippen LogP contribution in [0.5, 0.6) is 5.75 Å². The summed E-state index contributed by atoms with van der Waals surface area (Å²) in [5.41, 5.74) is 2.45. The lowest BCUT2D eigenvalue weighted by Gasteiger charge is -2.26. The molecule has 0 radical (unpaired) electrons. The van der Waals surface area contributed by atoms with Crippen molar-refractivity contribution in [1.29, 1.82) is 0 Å². The summed E-state index contributed by atoms with van der Waals surface area (Å²) in [6.07, 6.45) is 7.01. The molecule has 0 spiro atoms. The Hall–Kier alpha value is -1.76. The maximum absolute atomic E-state index is 9.29. The van der Waals surface area contributed by atoms with Gasteiger partial charge in [0.25, 0.3) is 0 Å². The summed E-state index contributed by atoms with van der Waals surface area (Å²) in [6, 6.07) is 17.8. The van der Waals surface area contributed by atoms with Crippen LogP contribution in [0.4, 0.5) is 0 Å². The molecule has 0 aliphatic heterocycles. The SMILES string of the molecule is CC(C)(c1ccccc1)c1ccc(O)cc1.CCCCCCC. The summed E-state index contributed by atoms with van der Waals surface area (Å²) in [6.45, 7) is 8.87. The quantitative estimate of drug-likeness (QED) is 0.589. The molecule has 0 saturated carbocycles. The Morgan fingerprint density at radius 2 is 1.17 bits per heavy atom. The lowest BCUT2D eigenvalue weighted by molar-refractivity contribution is 0.474. The third-order valence-electron chi connectivity index (χ3n) is 4.29. The van der Waals surface area contributed by atoms with E-state index in [-0.39, 0.29) is 5.41 Å². The van der Waals surface area contributed by atoms with E-state index < -0.39 is 0 Å². The number of unbranched alkanes of at least 4 members (excludes halogenated alkanes) is 4. The molecule has 0 atom stereocenters. The van der Waals surface area contributed by atoms with Gasteiger partial charge in [0.05, 0.1) is 0 Å². The van der Waals surface area contributed by atoms with Crippen LogP contribution in [0.3, 0.4) is 0 Å². The zero-order valence-corrected chi connectivity index (χ0v) is 15.2. The molecule has 0 unspecified atom stereocenters. The van der Waals surface area contributed by atoms with E-state index in [4.69, 9.17) is 0 Å². The summed E-state index contributed by atoms with van der Waals surface area (Å²) in [4.78, 5) is 0. The van der Waals surface area contributed by atoms with Gasteiger partial charge in [-0.3, -0.25) is 0 Å². The summed E-state index contributed by atoms with van der Waals surface area (Å²) < 4.78 is 0. The van der Waals surface area contributed by atoms with E-state index in [0.717, 1.165) is 0 Å². The molecule has 23 heavy (non-hydrogen) atoms. The molecule has 0 aliphatic carbocycles. The van der Waals surface area contributed by atoms with Crippen molar-refractivity contribution in [3.05, 3.63) is 65.7 Å². The highest BCUT2D eigenvalue weighted by Crippen LogP contribution is 2.31.